The first kappa shape index (κ1) is 21.2. The van der Waals surface area contributed by atoms with Crippen molar-refractivity contribution in [3.8, 4) is 0 Å². The Bertz CT molecular complexity index is 421. The minimum absolute atomic E-state index is 0. The molecule has 4 nitrogen and oxygen atoms in total. The third kappa shape index (κ3) is 6.97. The van der Waals surface area contributed by atoms with E-state index in [4.69, 9.17) is 5.73 Å². The summed E-state index contributed by atoms with van der Waals surface area (Å²) in [5.74, 6) is 0.543. The van der Waals surface area contributed by atoms with Crippen LogP contribution in [0, 0.1) is 5.92 Å². The van der Waals surface area contributed by atoms with Crippen molar-refractivity contribution in [2.75, 3.05) is 19.6 Å². The molecule has 1 fully saturated rings. The second kappa shape index (κ2) is 10.8. The van der Waals surface area contributed by atoms with Gasteiger partial charge in [0.15, 0.2) is 0 Å². The zero-order valence-corrected chi connectivity index (χ0v) is 14.7. The lowest BCUT2D eigenvalue weighted by atomic mass is 9.96. The maximum absolute atomic E-state index is 11.4. The highest BCUT2D eigenvalue weighted by molar-refractivity contribution is 5.85. The van der Waals surface area contributed by atoms with Crippen molar-refractivity contribution in [1.82, 2.24) is 10.2 Å². The SMILES string of the molecule is C[C@H](N)C(=O)NCC1CCN(Cc2ccccc2)CC1.Cl.Cl. The Balaban J connectivity index is 0.00000220. The smallest absolute Gasteiger partial charge is 0.236 e. The van der Waals surface area contributed by atoms with Crippen molar-refractivity contribution in [3.63, 3.8) is 0 Å². The van der Waals surface area contributed by atoms with E-state index in [1.54, 1.807) is 6.92 Å². The number of benzene rings is 1. The van der Waals surface area contributed by atoms with Crippen LogP contribution in [0.25, 0.3) is 0 Å². The molecule has 0 unspecified atom stereocenters. The first-order valence-corrected chi connectivity index (χ1v) is 7.44. The van der Waals surface area contributed by atoms with E-state index in [9.17, 15) is 4.79 Å². The van der Waals surface area contributed by atoms with Crippen molar-refractivity contribution in [2.24, 2.45) is 11.7 Å². The van der Waals surface area contributed by atoms with E-state index in [1.165, 1.54) is 5.56 Å². The number of carbonyl (C=O) groups is 1. The summed E-state index contributed by atoms with van der Waals surface area (Å²) in [6.07, 6.45) is 2.29. The molecule has 126 valence electrons. The number of piperidine rings is 1. The fourth-order valence-corrected chi connectivity index (χ4v) is 2.60. The topological polar surface area (TPSA) is 58.4 Å². The van der Waals surface area contributed by atoms with Gasteiger partial charge < -0.3 is 11.1 Å². The number of carbonyl (C=O) groups excluding carboxylic acids is 1. The van der Waals surface area contributed by atoms with Crippen molar-refractivity contribution in [3.05, 3.63) is 35.9 Å². The molecule has 1 saturated heterocycles. The second-order valence-corrected chi connectivity index (χ2v) is 5.74. The Morgan fingerprint density at radius 3 is 2.41 bits per heavy atom. The Labute approximate surface area is 145 Å². The minimum Gasteiger partial charge on any atom is -0.354 e. The number of halogens is 2. The first-order chi connectivity index (χ1) is 9.65. The lowest BCUT2D eigenvalue weighted by Gasteiger charge is -2.32. The summed E-state index contributed by atoms with van der Waals surface area (Å²) in [5, 5.41) is 2.93. The molecule has 2 rings (SSSR count). The molecule has 1 aliphatic rings. The van der Waals surface area contributed by atoms with Crippen LogP contribution < -0.4 is 11.1 Å². The Hall–Kier alpha value is -0.810. The molecule has 1 atom stereocenters. The number of rotatable bonds is 5. The molecular weight excluding hydrogens is 321 g/mol. The van der Waals surface area contributed by atoms with Crippen molar-refractivity contribution >= 4 is 30.7 Å². The van der Waals surface area contributed by atoms with Crippen LogP contribution in [0.4, 0.5) is 0 Å². The standard InChI is InChI=1S/C16H25N3O.2ClH/c1-13(17)16(20)18-11-14-7-9-19(10-8-14)12-15-5-3-2-4-6-15;;/h2-6,13-14H,7-12,17H2,1H3,(H,18,20);2*1H/t13-;;/m0../s1. The average molecular weight is 348 g/mol. The predicted octanol–water partition coefficient (Wildman–Crippen LogP) is 2.21. The number of nitrogens with one attached hydrogen (secondary N) is 1. The van der Waals surface area contributed by atoms with E-state index in [2.05, 4.69) is 40.5 Å². The van der Waals surface area contributed by atoms with Crippen LogP contribution in [-0.2, 0) is 11.3 Å². The molecule has 3 N–H and O–H groups in total. The van der Waals surface area contributed by atoms with Gasteiger partial charge in [-0.25, -0.2) is 0 Å². The van der Waals surface area contributed by atoms with E-state index in [0.717, 1.165) is 39.0 Å². The molecule has 6 heteroatoms. The van der Waals surface area contributed by atoms with Crippen LogP contribution >= 0.6 is 24.8 Å². The van der Waals surface area contributed by atoms with Gasteiger partial charge in [-0.15, -0.1) is 24.8 Å². The number of nitrogens with two attached hydrogens (primary N) is 1. The monoisotopic (exact) mass is 347 g/mol. The van der Waals surface area contributed by atoms with Crippen LogP contribution in [-0.4, -0.2) is 36.5 Å². The molecule has 0 aliphatic carbocycles. The summed E-state index contributed by atoms with van der Waals surface area (Å²) in [5.41, 5.74) is 6.91. The van der Waals surface area contributed by atoms with E-state index in [-0.39, 0.29) is 30.7 Å². The van der Waals surface area contributed by atoms with Gasteiger partial charge in [-0.2, -0.15) is 0 Å². The summed E-state index contributed by atoms with van der Waals surface area (Å²) < 4.78 is 0. The third-order valence-corrected chi connectivity index (χ3v) is 3.93. The largest absolute Gasteiger partial charge is 0.354 e. The molecule has 22 heavy (non-hydrogen) atoms. The van der Waals surface area contributed by atoms with Crippen molar-refractivity contribution in [2.45, 2.75) is 32.4 Å². The Kier molecular flexibility index (Phi) is 10.4. The number of likely N-dealkylation sites (tertiary alicyclic amines) is 1. The molecule has 1 aliphatic heterocycles. The fraction of sp³-hybridized carbons (Fsp3) is 0.562. The van der Waals surface area contributed by atoms with E-state index in [1.807, 2.05) is 0 Å². The van der Waals surface area contributed by atoms with E-state index >= 15 is 0 Å². The molecule has 1 heterocycles. The quantitative estimate of drug-likeness (QED) is 0.858. The average Bonchev–Trinajstić information content (AvgIpc) is 2.47. The number of amides is 1. The maximum atomic E-state index is 11.4. The highest BCUT2D eigenvalue weighted by atomic mass is 35.5. The van der Waals surface area contributed by atoms with Gasteiger partial charge in [-0.05, 0) is 44.3 Å². The maximum Gasteiger partial charge on any atom is 0.236 e. The predicted molar refractivity (Wildman–Crippen MR) is 95.6 cm³/mol. The number of nitrogens with zero attached hydrogens (tertiary/aromatic N) is 1. The van der Waals surface area contributed by atoms with Crippen molar-refractivity contribution in [1.29, 1.82) is 0 Å². The van der Waals surface area contributed by atoms with Gasteiger partial charge in [0.25, 0.3) is 0 Å². The molecule has 1 amide bonds. The summed E-state index contributed by atoms with van der Waals surface area (Å²) in [7, 11) is 0. The molecule has 0 bridgehead atoms. The van der Waals surface area contributed by atoms with Gasteiger partial charge in [0, 0.05) is 13.1 Å². The van der Waals surface area contributed by atoms with Crippen LogP contribution in [0.1, 0.15) is 25.3 Å². The molecular formula is C16H27Cl2N3O. The van der Waals surface area contributed by atoms with Gasteiger partial charge >= 0.3 is 0 Å². The lowest BCUT2D eigenvalue weighted by molar-refractivity contribution is -0.122. The molecule has 0 aromatic heterocycles. The summed E-state index contributed by atoms with van der Waals surface area (Å²) >= 11 is 0. The number of hydrogen-bond acceptors (Lipinski definition) is 3. The fourth-order valence-electron chi connectivity index (χ4n) is 2.60. The highest BCUT2D eigenvalue weighted by Gasteiger charge is 2.20. The molecule has 1 aromatic rings. The van der Waals surface area contributed by atoms with Gasteiger partial charge in [0.1, 0.15) is 0 Å². The minimum atomic E-state index is -0.409. The number of hydrogen-bond donors (Lipinski definition) is 2. The summed E-state index contributed by atoms with van der Waals surface area (Å²) in [6.45, 7) is 5.72. The third-order valence-electron chi connectivity index (χ3n) is 3.93. The molecule has 1 aromatic carbocycles. The van der Waals surface area contributed by atoms with Gasteiger partial charge in [-0.3, -0.25) is 9.69 Å². The molecule has 0 radical (unpaired) electrons. The summed E-state index contributed by atoms with van der Waals surface area (Å²) in [4.78, 5) is 13.9. The first-order valence-electron chi connectivity index (χ1n) is 7.44. The lowest BCUT2D eigenvalue weighted by Crippen LogP contribution is -2.43. The van der Waals surface area contributed by atoms with Crippen LogP contribution in [0.2, 0.25) is 0 Å². The molecule has 0 spiro atoms. The van der Waals surface area contributed by atoms with Crippen LogP contribution in [0.15, 0.2) is 30.3 Å². The van der Waals surface area contributed by atoms with Gasteiger partial charge in [0.2, 0.25) is 5.91 Å². The van der Waals surface area contributed by atoms with E-state index < -0.39 is 6.04 Å². The zero-order chi connectivity index (χ0) is 14.4. The van der Waals surface area contributed by atoms with Crippen LogP contribution in [0.3, 0.4) is 0 Å². The van der Waals surface area contributed by atoms with E-state index in [0.29, 0.717) is 5.92 Å². The summed E-state index contributed by atoms with van der Waals surface area (Å²) in [6, 6.07) is 10.2. The van der Waals surface area contributed by atoms with Gasteiger partial charge in [0.05, 0.1) is 6.04 Å². The van der Waals surface area contributed by atoms with Crippen LogP contribution in [0.5, 0.6) is 0 Å². The van der Waals surface area contributed by atoms with Crippen molar-refractivity contribution < 1.29 is 4.79 Å². The normalized spacial score (nSPS) is 17.0. The molecule has 0 saturated carbocycles. The highest BCUT2D eigenvalue weighted by Crippen LogP contribution is 2.18. The second-order valence-electron chi connectivity index (χ2n) is 5.74. The Morgan fingerprint density at radius 1 is 1.27 bits per heavy atom. The van der Waals surface area contributed by atoms with Gasteiger partial charge in [-0.1, -0.05) is 30.3 Å². The Morgan fingerprint density at radius 2 is 1.86 bits per heavy atom. The zero-order valence-electron chi connectivity index (χ0n) is 13.0.